The molecule has 0 bridgehead atoms. The van der Waals surface area contributed by atoms with Crippen LogP contribution in [0.25, 0.3) is 0 Å². The second kappa shape index (κ2) is 13.8. The second-order valence-corrected chi connectivity index (χ2v) is 9.79. The number of hydrogen-bond acceptors (Lipinski definition) is 6. The molecule has 0 spiro atoms. The van der Waals surface area contributed by atoms with Crippen molar-refractivity contribution in [2.24, 2.45) is 0 Å². The Morgan fingerprint density at radius 2 is 0.909 bits per heavy atom. The Morgan fingerprint density at radius 1 is 0.477 bits per heavy atom. The van der Waals surface area contributed by atoms with Crippen LogP contribution in [-0.2, 0) is 19.8 Å². The summed E-state index contributed by atoms with van der Waals surface area (Å²) in [6.07, 6.45) is 0. The summed E-state index contributed by atoms with van der Waals surface area (Å²) in [7, 11) is 0. The third-order valence-corrected chi connectivity index (χ3v) is 6.74. The molecule has 0 aromatic heterocycles. The fraction of sp³-hybridized carbons (Fsp3) is 0.0833. The Hall–Kier alpha value is -5.89. The van der Waals surface area contributed by atoms with Crippen molar-refractivity contribution in [3.63, 3.8) is 0 Å². The molecule has 5 aromatic rings. The van der Waals surface area contributed by atoms with E-state index in [4.69, 9.17) is 14.2 Å². The first-order chi connectivity index (χ1) is 21.4. The Labute approximate surface area is 253 Å². The van der Waals surface area contributed by atoms with Crippen LogP contribution < -0.4 is 14.2 Å². The Morgan fingerprint density at radius 3 is 1.32 bits per heavy atom. The van der Waals surface area contributed by atoms with Gasteiger partial charge in [0.1, 0.15) is 42.6 Å². The van der Waals surface area contributed by atoms with Crippen molar-refractivity contribution in [3.05, 3.63) is 160 Å². The number of carboxylic acid groups (broad SMARTS) is 2. The van der Waals surface area contributed by atoms with Gasteiger partial charge in [0.2, 0.25) is 5.78 Å². The molecule has 0 aliphatic carbocycles. The lowest BCUT2D eigenvalue weighted by Crippen LogP contribution is -2.16. The lowest BCUT2D eigenvalue weighted by atomic mass is 9.94. The van der Waals surface area contributed by atoms with Crippen molar-refractivity contribution in [2.45, 2.75) is 19.8 Å². The molecule has 0 radical (unpaired) electrons. The summed E-state index contributed by atoms with van der Waals surface area (Å²) in [6.45, 7) is 0.109. The van der Waals surface area contributed by atoms with Crippen LogP contribution in [0.5, 0.6) is 17.2 Å². The topological polar surface area (TPSA) is 119 Å². The zero-order chi connectivity index (χ0) is 30.9. The molecular formula is C36H28O8. The summed E-state index contributed by atoms with van der Waals surface area (Å²) in [5, 5.41) is 20.0. The number of carbonyl (C=O) groups is 3. The quantitative estimate of drug-likeness (QED) is 0.140. The fourth-order valence-corrected chi connectivity index (χ4v) is 4.56. The highest BCUT2D eigenvalue weighted by molar-refractivity contribution is 6.18. The minimum absolute atomic E-state index is 0.0141. The fourth-order valence-electron chi connectivity index (χ4n) is 4.56. The Kier molecular flexibility index (Phi) is 9.32. The third kappa shape index (κ3) is 7.11. The zero-order valence-corrected chi connectivity index (χ0v) is 23.5. The van der Waals surface area contributed by atoms with Gasteiger partial charge in [-0.05, 0) is 41.0 Å². The van der Waals surface area contributed by atoms with E-state index in [0.717, 1.165) is 16.7 Å². The van der Waals surface area contributed by atoms with E-state index >= 15 is 0 Å². The molecule has 0 aliphatic heterocycles. The number of ketones is 1. The molecular weight excluding hydrogens is 560 g/mol. The van der Waals surface area contributed by atoms with Gasteiger partial charge in [-0.15, -0.1) is 0 Å². The molecule has 44 heavy (non-hydrogen) atoms. The molecule has 0 unspecified atom stereocenters. The second-order valence-electron chi connectivity index (χ2n) is 9.79. The minimum atomic E-state index is -1.33. The number of ether oxygens (including phenoxy) is 3. The first kappa shape index (κ1) is 29.6. The number of rotatable bonds is 13. The maximum Gasteiger partial charge on any atom is 0.336 e. The van der Waals surface area contributed by atoms with Crippen LogP contribution in [0.4, 0.5) is 0 Å². The average Bonchev–Trinajstić information content (AvgIpc) is 3.06. The van der Waals surface area contributed by atoms with Crippen molar-refractivity contribution >= 4 is 17.7 Å². The van der Waals surface area contributed by atoms with Crippen LogP contribution in [-0.4, -0.2) is 27.9 Å². The molecule has 0 saturated heterocycles. The van der Waals surface area contributed by atoms with Gasteiger partial charge in [0.15, 0.2) is 0 Å². The molecule has 0 saturated carbocycles. The zero-order valence-electron chi connectivity index (χ0n) is 23.5. The predicted molar refractivity (Wildman–Crippen MR) is 163 cm³/mol. The van der Waals surface area contributed by atoms with E-state index in [1.807, 2.05) is 91.0 Å². The van der Waals surface area contributed by atoms with Crippen molar-refractivity contribution < 1.29 is 38.8 Å². The van der Waals surface area contributed by atoms with Gasteiger partial charge in [0.05, 0.1) is 16.7 Å². The lowest BCUT2D eigenvalue weighted by molar-refractivity contribution is 0.0684. The van der Waals surface area contributed by atoms with E-state index in [-0.39, 0.29) is 59.3 Å². The molecule has 0 atom stereocenters. The molecule has 220 valence electrons. The number of aromatic carboxylic acids is 2. The SMILES string of the molecule is O=C(O)c1cc(OCc2ccccc2)c(C(=O)c2c(OCc3ccccc3)cccc2C(=O)O)c(OCc2ccccc2)c1. The third-order valence-electron chi connectivity index (χ3n) is 6.74. The summed E-state index contributed by atoms with van der Waals surface area (Å²) in [4.78, 5) is 39.0. The van der Waals surface area contributed by atoms with E-state index in [2.05, 4.69) is 0 Å². The van der Waals surface area contributed by atoms with Gasteiger partial charge in [0, 0.05) is 0 Å². The van der Waals surface area contributed by atoms with Crippen molar-refractivity contribution in [3.8, 4) is 17.2 Å². The molecule has 0 aliphatic rings. The standard InChI is InChI=1S/C36H28O8/c37-34(32-28(36(40)41)17-10-18-29(32)42-21-24-11-4-1-5-12-24)33-30(43-22-25-13-6-2-7-14-25)19-27(35(38)39)20-31(33)44-23-26-15-8-3-9-16-26/h1-20H,21-23H2,(H,38,39)(H,40,41). The van der Waals surface area contributed by atoms with Crippen LogP contribution in [0.1, 0.15) is 53.3 Å². The van der Waals surface area contributed by atoms with E-state index in [1.165, 1.54) is 30.3 Å². The first-order valence-electron chi connectivity index (χ1n) is 13.7. The number of carbonyl (C=O) groups excluding carboxylic acids is 1. The van der Waals surface area contributed by atoms with Crippen LogP contribution >= 0.6 is 0 Å². The summed E-state index contributed by atoms with van der Waals surface area (Å²) < 4.78 is 18.1. The summed E-state index contributed by atoms with van der Waals surface area (Å²) in [5.41, 5.74) is 1.57. The van der Waals surface area contributed by atoms with Gasteiger partial charge < -0.3 is 24.4 Å². The van der Waals surface area contributed by atoms with E-state index in [9.17, 15) is 24.6 Å². The molecule has 5 aromatic carbocycles. The van der Waals surface area contributed by atoms with E-state index in [0.29, 0.717) is 0 Å². The smallest absolute Gasteiger partial charge is 0.336 e. The summed E-state index contributed by atoms with van der Waals surface area (Å²) in [5.74, 6) is -3.44. The van der Waals surface area contributed by atoms with Crippen LogP contribution in [0.2, 0.25) is 0 Å². The number of hydrogen-bond donors (Lipinski definition) is 2. The van der Waals surface area contributed by atoms with Gasteiger partial charge >= 0.3 is 11.9 Å². The van der Waals surface area contributed by atoms with Gasteiger partial charge in [-0.2, -0.15) is 0 Å². The van der Waals surface area contributed by atoms with Crippen LogP contribution in [0.3, 0.4) is 0 Å². The molecule has 8 nitrogen and oxygen atoms in total. The largest absolute Gasteiger partial charge is 0.488 e. The minimum Gasteiger partial charge on any atom is -0.488 e. The van der Waals surface area contributed by atoms with Crippen molar-refractivity contribution in [2.75, 3.05) is 0 Å². The van der Waals surface area contributed by atoms with Crippen molar-refractivity contribution in [1.29, 1.82) is 0 Å². The van der Waals surface area contributed by atoms with Gasteiger partial charge in [0.25, 0.3) is 0 Å². The van der Waals surface area contributed by atoms with Gasteiger partial charge in [-0.1, -0.05) is 97.1 Å². The normalized spacial score (nSPS) is 10.5. The Balaban J connectivity index is 1.63. The van der Waals surface area contributed by atoms with Gasteiger partial charge in [-0.3, -0.25) is 4.79 Å². The summed E-state index contributed by atoms with van der Waals surface area (Å²) in [6, 6.07) is 34.3. The number of carboxylic acids is 2. The van der Waals surface area contributed by atoms with E-state index in [1.54, 1.807) is 0 Å². The number of benzene rings is 5. The Bertz CT molecular complexity index is 1700. The highest BCUT2D eigenvalue weighted by Gasteiger charge is 2.30. The molecule has 8 heteroatoms. The van der Waals surface area contributed by atoms with Crippen molar-refractivity contribution in [1.82, 2.24) is 0 Å². The van der Waals surface area contributed by atoms with Crippen LogP contribution in [0, 0.1) is 0 Å². The summed E-state index contributed by atoms with van der Waals surface area (Å²) >= 11 is 0. The first-order valence-corrected chi connectivity index (χ1v) is 13.7. The molecule has 2 N–H and O–H groups in total. The van der Waals surface area contributed by atoms with E-state index < -0.39 is 17.7 Å². The highest BCUT2D eigenvalue weighted by Crippen LogP contribution is 2.37. The average molecular weight is 589 g/mol. The maximum atomic E-state index is 14.5. The molecule has 5 rings (SSSR count). The van der Waals surface area contributed by atoms with Crippen LogP contribution in [0.15, 0.2) is 121 Å². The predicted octanol–water partition coefficient (Wildman–Crippen LogP) is 7.05. The van der Waals surface area contributed by atoms with Gasteiger partial charge in [-0.25, -0.2) is 9.59 Å². The molecule has 0 amide bonds. The molecule has 0 heterocycles. The lowest BCUT2D eigenvalue weighted by Gasteiger charge is -2.19. The monoisotopic (exact) mass is 588 g/mol. The molecule has 0 fully saturated rings. The highest BCUT2D eigenvalue weighted by atomic mass is 16.5. The maximum absolute atomic E-state index is 14.5.